The monoisotopic (exact) mass is 357 g/mol. The topological polar surface area (TPSA) is 91.3 Å². The Hall–Kier alpha value is -1.38. The zero-order chi connectivity index (χ0) is 18.8. The van der Waals surface area contributed by atoms with Crippen LogP contribution in [-0.4, -0.2) is 91.6 Å². The van der Waals surface area contributed by atoms with Crippen molar-refractivity contribution in [3.8, 4) is 0 Å². The highest BCUT2D eigenvalue weighted by Crippen LogP contribution is 2.51. The van der Waals surface area contributed by atoms with Gasteiger partial charge in [-0.25, -0.2) is 4.79 Å². The second-order valence-electron chi connectivity index (χ2n) is 7.89. The highest BCUT2D eigenvalue weighted by atomic mass is 16.5. The summed E-state index contributed by atoms with van der Waals surface area (Å²) in [5, 5.41) is 11.9. The fourth-order valence-electron chi connectivity index (χ4n) is 3.62. The molecule has 2 N–H and O–H groups in total. The number of carbonyl (C=O) groups excluding carboxylic acids is 1. The Balaban J connectivity index is 1.85. The van der Waals surface area contributed by atoms with Gasteiger partial charge in [0.2, 0.25) is 0 Å². The number of hydrogen-bond donors (Lipinski definition) is 2. The summed E-state index contributed by atoms with van der Waals surface area (Å²) in [7, 11) is 3.44. The number of carboxylic acid groups (broad SMARTS) is 1. The first-order chi connectivity index (χ1) is 11.6. The van der Waals surface area contributed by atoms with Crippen LogP contribution in [-0.2, 0) is 14.3 Å². The van der Waals surface area contributed by atoms with Gasteiger partial charge in [0.25, 0.3) is 0 Å². The summed E-state index contributed by atoms with van der Waals surface area (Å²) in [6, 6.07) is -0.0219. The standard InChI is InChI=1S/C17H31N3O5/c1-16(2)13(8-17(16,3)24-5)18-15(23)20-6-7-25-12(10-20)9-19(4)11-14(21)22/h12-13H,6-11H2,1-5H3,(H,18,23)(H,21,22). The maximum atomic E-state index is 12.6. The van der Waals surface area contributed by atoms with E-state index in [1.807, 2.05) is 0 Å². The summed E-state index contributed by atoms with van der Waals surface area (Å²) in [4.78, 5) is 26.8. The van der Waals surface area contributed by atoms with Gasteiger partial charge in [-0.1, -0.05) is 13.8 Å². The molecule has 3 atom stereocenters. The lowest BCUT2D eigenvalue weighted by Gasteiger charge is -2.59. The van der Waals surface area contributed by atoms with Crippen molar-refractivity contribution >= 4 is 12.0 Å². The molecule has 1 aliphatic carbocycles. The Bertz CT molecular complexity index is 513. The van der Waals surface area contributed by atoms with Crippen molar-refractivity contribution in [2.45, 2.75) is 44.9 Å². The Kier molecular flexibility index (Phi) is 5.96. The molecule has 1 aliphatic heterocycles. The molecular weight excluding hydrogens is 326 g/mol. The lowest BCUT2D eigenvalue weighted by molar-refractivity contribution is -0.178. The molecule has 8 nitrogen and oxygen atoms in total. The average molecular weight is 357 g/mol. The molecule has 0 aromatic heterocycles. The number of aliphatic carboxylic acids is 1. The minimum Gasteiger partial charge on any atom is -0.480 e. The lowest BCUT2D eigenvalue weighted by Crippen LogP contribution is -2.70. The van der Waals surface area contributed by atoms with Gasteiger partial charge < -0.3 is 24.8 Å². The maximum Gasteiger partial charge on any atom is 0.317 e. The summed E-state index contributed by atoms with van der Waals surface area (Å²) in [5.41, 5.74) is -0.358. The van der Waals surface area contributed by atoms with E-state index in [1.54, 1.807) is 24.0 Å². The summed E-state index contributed by atoms with van der Waals surface area (Å²) in [6.45, 7) is 8.18. The van der Waals surface area contributed by atoms with E-state index < -0.39 is 5.97 Å². The van der Waals surface area contributed by atoms with E-state index in [9.17, 15) is 9.59 Å². The number of urea groups is 1. The van der Waals surface area contributed by atoms with E-state index in [1.165, 1.54) is 0 Å². The SMILES string of the molecule is COC1(C)CC(NC(=O)N2CCOC(CN(C)CC(=O)O)C2)C1(C)C. The molecule has 0 aromatic rings. The second kappa shape index (κ2) is 7.47. The highest BCUT2D eigenvalue weighted by Gasteiger charge is 2.58. The Morgan fingerprint density at radius 1 is 1.40 bits per heavy atom. The molecule has 2 fully saturated rings. The van der Waals surface area contributed by atoms with E-state index >= 15 is 0 Å². The molecule has 0 spiro atoms. The number of morpholine rings is 1. The Labute approximate surface area is 149 Å². The molecule has 1 saturated heterocycles. The predicted octanol–water partition coefficient (Wildman–Crippen LogP) is 0.617. The molecule has 8 heteroatoms. The smallest absolute Gasteiger partial charge is 0.317 e. The zero-order valence-electron chi connectivity index (χ0n) is 15.9. The number of ether oxygens (including phenoxy) is 2. The molecule has 0 aromatic carbocycles. The number of nitrogens with zero attached hydrogens (tertiary/aromatic N) is 2. The lowest BCUT2D eigenvalue weighted by atomic mass is 9.56. The van der Waals surface area contributed by atoms with Gasteiger partial charge in [-0.3, -0.25) is 9.69 Å². The van der Waals surface area contributed by atoms with Gasteiger partial charge in [-0.05, 0) is 20.4 Å². The van der Waals surface area contributed by atoms with Crippen molar-refractivity contribution in [3.63, 3.8) is 0 Å². The quantitative estimate of drug-likeness (QED) is 0.724. The van der Waals surface area contributed by atoms with E-state index in [4.69, 9.17) is 14.6 Å². The number of rotatable bonds is 6. The van der Waals surface area contributed by atoms with E-state index in [-0.39, 0.29) is 35.7 Å². The first kappa shape index (κ1) is 19.9. The third-order valence-corrected chi connectivity index (χ3v) is 5.92. The van der Waals surface area contributed by atoms with Crippen molar-refractivity contribution < 1.29 is 24.2 Å². The number of nitrogens with one attached hydrogen (secondary N) is 1. The van der Waals surface area contributed by atoms with Gasteiger partial charge in [0, 0.05) is 38.2 Å². The average Bonchev–Trinajstić information content (AvgIpc) is 2.53. The van der Waals surface area contributed by atoms with E-state index in [0.29, 0.717) is 26.2 Å². The molecule has 0 bridgehead atoms. The number of hydrogen-bond acceptors (Lipinski definition) is 5. The molecular formula is C17H31N3O5. The van der Waals surface area contributed by atoms with Crippen molar-refractivity contribution in [1.82, 2.24) is 15.1 Å². The van der Waals surface area contributed by atoms with Crippen LogP contribution < -0.4 is 5.32 Å². The largest absolute Gasteiger partial charge is 0.480 e. The summed E-state index contributed by atoms with van der Waals surface area (Å²) >= 11 is 0. The van der Waals surface area contributed by atoms with Gasteiger partial charge in [-0.15, -0.1) is 0 Å². The van der Waals surface area contributed by atoms with Crippen LogP contribution in [0.5, 0.6) is 0 Å². The highest BCUT2D eigenvalue weighted by molar-refractivity contribution is 5.75. The molecule has 144 valence electrons. The number of carbonyl (C=O) groups is 2. The molecule has 1 heterocycles. The van der Waals surface area contributed by atoms with Crippen LogP contribution in [0.4, 0.5) is 4.79 Å². The minimum atomic E-state index is -0.874. The van der Waals surface area contributed by atoms with E-state index in [2.05, 4.69) is 26.1 Å². The summed E-state index contributed by atoms with van der Waals surface area (Å²) in [6.07, 6.45) is 0.611. The van der Waals surface area contributed by atoms with Crippen LogP contribution in [0.1, 0.15) is 27.2 Å². The van der Waals surface area contributed by atoms with Gasteiger partial charge in [0.15, 0.2) is 0 Å². The molecule has 25 heavy (non-hydrogen) atoms. The van der Waals surface area contributed by atoms with Crippen LogP contribution in [0.25, 0.3) is 0 Å². The number of amides is 2. The normalized spacial score (nSPS) is 31.5. The Morgan fingerprint density at radius 3 is 2.64 bits per heavy atom. The van der Waals surface area contributed by atoms with Crippen molar-refractivity contribution in [2.75, 3.05) is 46.9 Å². The van der Waals surface area contributed by atoms with Crippen molar-refractivity contribution in [3.05, 3.63) is 0 Å². The van der Waals surface area contributed by atoms with Crippen LogP contribution in [0.2, 0.25) is 0 Å². The van der Waals surface area contributed by atoms with Crippen molar-refractivity contribution in [1.29, 1.82) is 0 Å². The zero-order valence-corrected chi connectivity index (χ0v) is 15.9. The number of likely N-dealkylation sites (N-methyl/N-ethyl adjacent to an activating group) is 1. The van der Waals surface area contributed by atoms with Crippen LogP contribution >= 0.6 is 0 Å². The molecule has 2 amide bonds. The minimum absolute atomic E-state index is 0.0437. The predicted molar refractivity (Wildman–Crippen MR) is 92.6 cm³/mol. The second-order valence-corrected chi connectivity index (χ2v) is 7.89. The van der Waals surface area contributed by atoms with Gasteiger partial charge in [0.1, 0.15) is 0 Å². The summed E-state index contributed by atoms with van der Waals surface area (Å²) in [5.74, 6) is -0.874. The van der Waals surface area contributed by atoms with Crippen LogP contribution in [0.15, 0.2) is 0 Å². The van der Waals surface area contributed by atoms with Gasteiger partial charge >= 0.3 is 12.0 Å². The van der Waals surface area contributed by atoms with Crippen LogP contribution in [0, 0.1) is 5.41 Å². The maximum absolute atomic E-state index is 12.6. The first-order valence-corrected chi connectivity index (χ1v) is 8.71. The molecule has 1 saturated carbocycles. The fourth-order valence-corrected chi connectivity index (χ4v) is 3.62. The molecule has 3 unspecified atom stereocenters. The van der Waals surface area contributed by atoms with Crippen molar-refractivity contribution in [2.24, 2.45) is 5.41 Å². The third kappa shape index (κ3) is 4.24. The third-order valence-electron chi connectivity index (χ3n) is 5.92. The summed E-state index contributed by atoms with van der Waals surface area (Å²) < 4.78 is 11.3. The molecule has 2 aliphatic rings. The van der Waals surface area contributed by atoms with E-state index in [0.717, 1.165) is 6.42 Å². The van der Waals surface area contributed by atoms with Crippen LogP contribution in [0.3, 0.4) is 0 Å². The fraction of sp³-hybridized carbons (Fsp3) is 0.882. The molecule has 2 rings (SSSR count). The van der Waals surface area contributed by atoms with Gasteiger partial charge in [0.05, 0.1) is 24.9 Å². The molecule has 0 radical (unpaired) electrons. The van der Waals surface area contributed by atoms with Gasteiger partial charge in [-0.2, -0.15) is 0 Å². The first-order valence-electron chi connectivity index (χ1n) is 8.71. The number of carboxylic acids is 1. The number of methoxy groups -OCH3 is 1. The Morgan fingerprint density at radius 2 is 2.08 bits per heavy atom.